The number of aromatic nitrogens is 1. The number of hydrogen-bond acceptors (Lipinski definition) is 6. The van der Waals surface area contributed by atoms with E-state index >= 15 is 4.39 Å². The smallest absolute Gasteiger partial charge is 0.410 e. The average Bonchev–Trinajstić information content (AvgIpc) is 3.18. The van der Waals surface area contributed by atoms with Gasteiger partial charge in [-0.1, -0.05) is 6.08 Å². The Morgan fingerprint density at radius 2 is 1.79 bits per heavy atom. The van der Waals surface area contributed by atoms with Crippen molar-refractivity contribution in [3.8, 4) is 0 Å². The fourth-order valence-corrected chi connectivity index (χ4v) is 5.39. The number of ether oxygens (including phenoxy) is 1. The molecule has 0 bridgehead atoms. The quantitative estimate of drug-likeness (QED) is 0.478. The number of nitrogens with one attached hydrogen (secondary N) is 2. The molecule has 3 heterocycles. The first-order chi connectivity index (χ1) is 19.8. The molecule has 2 amide bonds. The van der Waals surface area contributed by atoms with Crippen molar-refractivity contribution in [1.82, 2.24) is 14.8 Å². The van der Waals surface area contributed by atoms with Gasteiger partial charge in [-0.25, -0.2) is 18.0 Å². The van der Waals surface area contributed by atoms with Gasteiger partial charge in [0.1, 0.15) is 5.82 Å². The van der Waals surface area contributed by atoms with E-state index in [1.807, 2.05) is 31.9 Å². The fourth-order valence-electron chi connectivity index (χ4n) is 5.39. The van der Waals surface area contributed by atoms with E-state index in [0.717, 1.165) is 6.20 Å². The lowest BCUT2D eigenvalue weighted by atomic mass is 9.98. The minimum atomic E-state index is -3.04. The molecule has 0 radical (unpaired) electrons. The maximum Gasteiger partial charge on any atom is 0.410 e. The molecule has 1 fully saturated rings. The molecule has 0 aliphatic carbocycles. The minimum Gasteiger partial charge on any atom is -0.447 e. The Labute approximate surface area is 243 Å². The number of likely N-dealkylation sites (N-methyl/N-ethyl adjacent to an activating group) is 1. The highest BCUT2D eigenvalue weighted by Gasteiger charge is 2.30. The van der Waals surface area contributed by atoms with E-state index in [1.165, 1.54) is 12.1 Å². The molecule has 9 nitrogen and oxygen atoms in total. The summed E-state index contributed by atoms with van der Waals surface area (Å²) >= 11 is 0. The van der Waals surface area contributed by atoms with Crippen molar-refractivity contribution >= 4 is 28.9 Å². The Kier molecular flexibility index (Phi) is 9.65. The number of benzene rings is 1. The van der Waals surface area contributed by atoms with Gasteiger partial charge in [-0.05, 0) is 65.3 Å². The lowest BCUT2D eigenvalue weighted by molar-refractivity contribution is 0.0783. The maximum absolute atomic E-state index is 15.8. The van der Waals surface area contributed by atoms with Gasteiger partial charge in [-0.3, -0.25) is 14.5 Å². The highest BCUT2D eigenvalue weighted by Crippen LogP contribution is 2.36. The van der Waals surface area contributed by atoms with Gasteiger partial charge in [0.05, 0.1) is 23.0 Å². The van der Waals surface area contributed by atoms with Gasteiger partial charge in [0, 0.05) is 61.7 Å². The minimum absolute atomic E-state index is 0.130. The van der Waals surface area contributed by atoms with E-state index in [4.69, 9.17) is 4.74 Å². The number of carbonyl (C=O) groups excluding carboxylic acids is 2. The molecule has 0 saturated carbocycles. The zero-order valence-electron chi connectivity index (χ0n) is 24.5. The normalized spacial score (nSPS) is 20.0. The standard InChI is InChI=1S/C30H38F3N5O4/c1-17(2)42-30(41)37-9-6-7-20(8-10-37)21-11-25(35-29(40)23-14-34-27(39)12-22(23)28(32)33)26(13-24(21)31)38-15-18(3)36(5)19(4)16-38/h7,11-14,17-19,28H,6,8-10,15-16H2,1-5H3,(H,34,39)(H,35,40). The third-order valence-electron chi connectivity index (χ3n) is 7.85. The monoisotopic (exact) mass is 589 g/mol. The maximum atomic E-state index is 15.8. The van der Waals surface area contributed by atoms with Crippen LogP contribution in [0.3, 0.4) is 0 Å². The number of H-pyrrole nitrogens is 1. The Hall–Kier alpha value is -3.80. The number of aromatic amines is 1. The summed E-state index contributed by atoms with van der Waals surface area (Å²) in [6, 6.07) is 3.86. The van der Waals surface area contributed by atoms with Crippen molar-refractivity contribution in [2.75, 3.05) is 43.4 Å². The van der Waals surface area contributed by atoms with E-state index in [1.54, 1.807) is 18.7 Å². The van der Waals surface area contributed by atoms with Gasteiger partial charge >= 0.3 is 6.09 Å². The molecular formula is C30H38F3N5O4. The van der Waals surface area contributed by atoms with Crippen molar-refractivity contribution in [3.63, 3.8) is 0 Å². The Morgan fingerprint density at radius 3 is 2.43 bits per heavy atom. The van der Waals surface area contributed by atoms with Crippen LogP contribution in [0.4, 0.5) is 29.3 Å². The van der Waals surface area contributed by atoms with Crippen LogP contribution in [-0.4, -0.2) is 78.2 Å². The summed E-state index contributed by atoms with van der Waals surface area (Å²) in [5.74, 6) is -1.35. The van der Waals surface area contributed by atoms with Crippen molar-refractivity contribution in [2.45, 2.75) is 65.1 Å². The molecular weight excluding hydrogens is 551 g/mol. The lowest BCUT2D eigenvalue weighted by Gasteiger charge is -2.44. The van der Waals surface area contributed by atoms with Gasteiger partial charge < -0.3 is 24.8 Å². The second-order valence-corrected chi connectivity index (χ2v) is 11.2. The molecule has 2 unspecified atom stereocenters. The molecule has 1 aromatic carbocycles. The number of rotatable bonds is 6. The molecule has 2 aliphatic rings. The Balaban J connectivity index is 1.71. The summed E-state index contributed by atoms with van der Waals surface area (Å²) in [4.78, 5) is 45.5. The number of anilines is 2. The van der Waals surface area contributed by atoms with Crippen LogP contribution in [0.2, 0.25) is 0 Å². The van der Waals surface area contributed by atoms with Gasteiger partial charge in [-0.15, -0.1) is 0 Å². The lowest BCUT2D eigenvalue weighted by Crippen LogP contribution is -2.55. The predicted molar refractivity (Wildman–Crippen MR) is 156 cm³/mol. The third-order valence-corrected chi connectivity index (χ3v) is 7.85. The number of piperazine rings is 1. The summed E-state index contributed by atoms with van der Waals surface area (Å²) in [5, 5.41) is 2.72. The van der Waals surface area contributed by atoms with Crippen LogP contribution < -0.4 is 15.8 Å². The number of amides is 2. The summed E-state index contributed by atoms with van der Waals surface area (Å²) in [5.41, 5.74) is -0.232. The number of hydrogen-bond donors (Lipinski definition) is 2. The highest BCUT2D eigenvalue weighted by molar-refractivity contribution is 6.07. The van der Waals surface area contributed by atoms with Crippen LogP contribution in [0.5, 0.6) is 0 Å². The van der Waals surface area contributed by atoms with Crippen molar-refractivity contribution in [1.29, 1.82) is 0 Å². The number of nitrogens with zero attached hydrogens (tertiary/aromatic N) is 3. The van der Waals surface area contributed by atoms with E-state index in [9.17, 15) is 23.2 Å². The van der Waals surface area contributed by atoms with Crippen LogP contribution in [0.1, 0.15) is 68.4 Å². The number of pyridine rings is 1. The summed E-state index contributed by atoms with van der Waals surface area (Å²) in [6.45, 7) is 9.48. The van der Waals surface area contributed by atoms with Crippen LogP contribution in [0.25, 0.3) is 5.57 Å². The van der Waals surface area contributed by atoms with Gasteiger partial charge in [0.2, 0.25) is 5.56 Å². The fraction of sp³-hybridized carbons (Fsp3) is 0.500. The average molecular weight is 590 g/mol. The van der Waals surface area contributed by atoms with Crippen molar-refractivity contribution in [2.24, 2.45) is 0 Å². The number of halogens is 3. The molecule has 1 aromatic heterocycles. The van der Waals surface area contributed by atoms with Crippen LogP contribution in [0.15, 0.2) is 35.3 Å². The largest absolute Gasteiger partial charge is 0.447 e. The summed E-state index contributed by atoms with van der Waals surface area (Å²) < 4.78 is 48.6. The van der Waals surface area contributed by atoms with Crippen LogP contribution in [0, 0.1) is 5.82 Å². The molecule has 12 heteroatoms. The van der Waals surface area contributed by atoms with E-state index in [2.05, 4.69) is 15.2 Å². The second-order valence-electron chi connectivity index (χ2n) is 11.2. The number of alkyl halides is 2. The molecule has 2 aromatic rings. The first-order valence-electron chi connectivity index (χ1n) is 14.1. The molecule has 4 rings (SSSR count). The third kappa shape index (κ3) is 6.97. The number of carbonyl (C=O) groups is 2. The van der Waals surface area contributed by atoms with E-state index in [0.29, 0.717) is 56.3 Å². The zero-order chi connectivity index (χ0) is 30.7. The van der Waals surface area contributed by atoms with E-state index < -0.39 is 35.4 Å². The molecule has 2 aliphatic heterocycles. The van der Waals surface area contributed by atoms with Crippen molar-refractivity contribution < 1.29 is 27.5 Å². The molecule has 0 spiro atoms. The molecule has 1 saturated heterocycles. The molecule has 228 valence electrons. The van der Waals surface area contributed by atoms with Crippen LogP contribution >= 0.6 is 0 Å². The zero-order valence-corrected chi connectivity index (χ0v) is 24.5. The SMILES string of the molecule is CC(C)OC(=O)N1CCC=C(c2cc(NC(=O)c3c[nH]c(=O)cc3C(F)F)c(N3CC(C)N(C)C(C)C3)cc2F)CC1. The van der Waals surface area contributed by atoms with Gasteiger partial charge in [0.15, 0.2) is 0 Å². The first-order valence-corrected chi connectivity index (χ1v) is 14.1. The van der Waals surface area contributed by atoms with E-state index in [-0.39, 0.29) is 35.0 Å². The Bertz CT molecular complexity index is 1400. The van der Waals surface area contributed by atoms with Gasteiger partial charge in [-0.2, -0.15) is 0 Å². The summed E-state index contributed by atoms with van der Waals surface area (Å²) in [7, 11) is 2.01. The molecule has 2 N–H and O–H groups in total. The van der Waals surface area contributed by atoms with Gasteiger partial charge in [0.25, 0.3) is 12.3 Å². The van der Waals surface area contributed by atoms with Crippen LogP contribution in [-0.2, 0) is 4.74 Å². The topological polar surface area (TPSA) is 98.0 Å². The molecule has 42 heavy (non-hydrogen) atoms. The second kappa shape index (κ2) is 13.0. The van der Waals surface area contributed by atoms with Crippen molar-refractivity contribution in [3.05, 3.63) is 63.3 Å². The Morgan fingerprint density at radius 1 is 1.10 bits per heavy atom. The molecule has 2 atom stereocenters. The first kappa shape index (κ1) is 31.1. The highest BCUT2D eigenvalue weighted by atomic mass is 19.3. The predicted octanol–water partition coefficient (Wildman–Crippen LogP) is 5.26. The summed E-state index contributed by atoms with van der Waals surface area (Å²) in [6.07, 6.45) is -0.0828.